The number of methoxy groups -OCH3 is 1. The molecule has 1 fully saturated rings. The molecule has 1 saturated heterocycles. The Morgan fingerprint density at radius 2 is 2.03 bits per heavy atom. The van der Waals surface area contributed by atoms with E-state index in [2.05, 4.69) is 5.32 Å². The predicted octanol–water partition coefficient (Wildman–Crippen LogP) is 3.52. The van der Waals surface area contributed by atoms with E-state index in [0.29, 0.717) is 34.4 Å². The zero-order valence-corrected chi connectivity index (χ0v) is 18.1. The van der Waals surface area contributed by atoms with Crippen LogP contribution in [0.4, 0.5) is 5.69 Å². The third-order valence-corrected chi connectivity index (χ3v) is 5.70. The van der Waals surface area contributed by atoms with Crippen LogP contribution in [-0.4, -0.2) is 48.1 Å². The second-order valence-electron chi connectivity index (χ2n) is 6.76. The lowest BCUT2D eigenvalue weighted by molar-refractivity contribution is -0.137. The molecule has 0 spiro atoms. The summed E-state index contributed by atoms with van der Waals surface area (Å²) >= 11 is 1.51. The summed E-state index contributed by atoms with van der Waals surface area (Å²) in [4.78, 5) is 27.0. The van der Waals surface area contributed by atoms with Crippen LogP contribution in [0.5, 0.6) is 11.5 Å². The molecule has 1 unspecified atom stereocenters. The molecule has 0 bridgehead atoms. The van der Waals surface area contributed by atoms with Gasteiger partial charge in [-0.1, -0.05) is 18.2 Å². The molecule has 7 nitrogen and oxygen atoms in total. The number of anilines is 1. The SMILES string of the molecule is C/C=C/c1ccc(OCC(=O)N2CSCC2C(=O)Nc2ccc(C#N)cc2)c(OC)c1. The molecule has 2 aromatic rings. The maximum Gasteiger partial charge on any atom is 0.261 e. The van der Waals surface area contributed by atoms with E-state index in [-0.39, 0.29) is 18.4 Å². The summed E-state index contributed by atoms with van der Waals surface area (Å²) in [6, 6.07) is 13.5. The number of rotatable bonds is 7. The average Bonchev–Trinajstić information content (AvgIpc) is 3.29. The number of benzene rings is 2. The third kappa shape index (κ3) is 5.58. The first-order valence-electron chi connectivity index (χ1n) is 9.67. The van der Waals surface area contributed by atoms with E-state index in [1.807, 2.05) is 37.3 Å². The van der Waals surface area contributed by atoms with Crippen molar-refractivity contribution in [2.75, 3.05) is 30.7 Å². The second kappa shape index (κ2) is 10.5. The van der Waals surface area contributed by atoms with Crippen LogP contribution in [0.1, 0.15) is 18.1 Å². The number of ether oxygens (including phenoxy) is 2. The van der Waals surface area contributed by atoms with Crippen molar-refractivity contribution in [3.8, 4) is 17.6 Å². The fraction of sp³-hybridized carbons (Fsp3) is 0.261. The molecule has 1 heterocycles. The first-order valence-corrected chi connectivity index (χ1v) is 10.8. The summed E-state index contributed by atoms with van der Waals surface area (Å²) in [5.74, 6) is 1.39. The van der Waals surface area contributed by atoms with Crippen LogP contribution in [-0.2, 0) is 9.59 Å². The Labute approximate surface area is 185 Å². The van der Waals surface area contributed by atoms with Crippen molar-refractivity contribution < 1.29 is 19.1 Å². The van der Waals surface area contributed by atoms with Crippen LogP contribution in [0.15, 0.2) is 48.5 Å². The smallest absolute Gasteiger partial charge is 0.261 e. The Kier molecular flexibility index (Phi) is 7.57. The van der Waals surface area contributed by atoms with Crippen LogP contribution in [0, 0.1) is 11.3 Å². The van der Waals surface area contributed by atoms with E-state index >= 15 is 0 Å². The number of nitrogens with one attached hydrogen (secondary N) is 1. The summed E-state index contributed by atoms with van der Waals surface area (Å²) in [5.41, 5.74) is 2.06. The number of carbonyl (C=O) groups is 2. The third-order valence-electron chi connectivity index (χ3n) is 4.68. The van der Waals surface area contributed by atoms with Crippen LogP contribution < -0.4 is 14.8 Å². The molecule has 3 rings (SSSR count). The minimum absolute atomic E-state index is 0.194. The van der Waals surface area contributed by atoms with Gasteiger partial charge in [-0.2, -0.15) is 5.26 Å². The van der Waals surface area contributed by atoms with Gasteiger partial charge in [-0.05, 0) is 48.9 Å². The number of nitrogens with zero attached hydrogens (tertiary/aromatic N) is 2. The molecule has 2 aromatic carbocycles. The maximum atomic E-state index is 12.8. The van der Waals surface area contributed by atoms with E-state index in [1.54, 1.807) is 37.4 Å². The van der Waals surface area contributed by atoms with E-state index in [4.69, 9.17) is 14.7 Å². The molecular weight excluding hydrogens is 414 g/mol. The zero-order valence-electron chi connectivity index (χ0n) is 17.3. The van der Waals surface area contributed by atoms with E-state index in [9.17, 15) is 9.59 Å². The molecule has 1 aliphatic heterocycles. The molecule has 0 aliphatic carbocycles. The minimum atomic E-state index is -0.587. The van der Waals surface area contributed by atoms with Gasteiger partial charge in [-0.15, -0.1) is 11.8 Å². The average molecular weight is 438 g/mol. The molecule has 2 amide bonds. The normalized spacial score (nSPS) is 15.5. The van der Waals surface area contributed by atoms with Gasteiger partial charge in [0.25, 0.3) is 5.91 Å². The highest BCUT2D eigenvalue weighted by atomic mass is 32.2. The Balaban J connectivity index is 1.61. The molecule has 8 heteroatoms. The molecule has 31 heavy (non-hydrogen) atoms. The first-order chi connectivity index (χ1) is 15.0. The standard InChI is InChI=1S/C23H23N3O4S/c1-3-4-16-7-10-20(21(11-16)29-2)30-13-22(27)26-15-31-14-19(26)23(28)25-18-8-5-17(12-24)6-9-18/h3-11,19H,13-15H2,1-2H3,(H,25,28)/b4-3+. The van der Waals surface area contributed by atoms with Crippen molar-refractivity contribution >= 4 is 35.3 Å². The van der Waals surface area contributed by atoms with Gasteiger partial charge in [-0.3, -0.25) is 9.59 Å². The number of nitriles is 1. The van der Waals surface area contributed by atoms with E-state index in [0.717, 1.165) is 5.56 Å². The number of carbonyl (C=O) groups excluding carboxylic acids is 2. The van der Waals surface area contributed by atoms with Crippen LogP contribution in [0.2, 0.25) is 0 Å². The van der Waals surface area contributed by atoms with Crippen molar-refractivity contribution in [2.45, 2.75) is 13.0 Å². The van der Waals surface area contributed by atoms with E-state index < -0.39 is 6.04 Å². The Morgan fingerprint density at radius 1 is 1.26 bits per heavy atom. The van der Waals surface area contributed by atoms with Gasteiger partial charge in [0.05, 0.1) is 24.6 Å². The van der Waals surface area contributed by atoms with Gasteiger partial charge in [0.15, 0.2) is 18.1 Å². The summed E-state index contributed by atoms with van der Waals surface area (Å²) in [6.45, 7) is 1.73. The van der Waals surface area contributed by atoms with Crippen LogP contribution in [0.25, 0.3) is 6.08 Å². The monoisotopic (exact) mass is 437 g/mol. The number of allylic oxidation sites excluding steroid dienone is 1. The van der Waals surface area contributed by atoms with Gasteiger partial charge in [0.2, 0.25) is 5.91 Å². The predicted molar refractivity (Wildman–Crippen MR) is 121 cm³/mol. The lowest BCUT2D eigenvalue weighted by Gasteiger charge is -2.23. The molecule has 0 saturated carbocycles. The second-order valence-corrected chi connectivity index (χ2v) is 7.76. The summed E-state index contributed by atoms with van der Waals surface area (Å²) in [6.07, 6.45) is 3.86. The Bertz CT molecular complexity index is 1010. The zero-order chi connectivity index (χ0) is 22.2. The Hall–Kier alpha value is -3.44. The van der Waals surface area contributed by atoms with Crippen molar-refractivity contribution in [2.24, 2.45) is 0 Å². The van der Waals surface area contributed by atoms with E-state index in [1.165, 1.54) is 16.7 Å². The number of hydrogen-bond acceptors (Lipinski definition) is 6. The quantitative estimate of drug-likeness (QED) is 0.713. The van der Waals surface area contributed by atoms with Gasteiger partial charge in [0.1, 0.15) is 6.04 Å². The van der Waals surface area contributed by atoms with Crippen molar-refractivity contribution in [3.63, 3.8) is 0 Å². The van der Waals surface area contributed by atoms with Crippen LogP contribution >= 0.6 is 11.8 Å². The Morgan fingerprint density at radius 3 is 2.71 bits per heavy atom. The van der Waals surface area contributed by atoms with Gasteiger partial charge in [-0.25, -0.2) is 0 Å². The fourth-order valence-corrected chi connectivity index (χ4v) is 4.26. The molecule has 1 atom stereocenters. The fourth-order valence-electron chi connectivity index (χ4n) is 3.08. The molecule has 1 N–H and O–H groups in total. The molecule has 0 aromatic heterocycles. The lowest BCUT2D eigenvalue weighted by atomic mass is 10.2. The minimum Gasteiger partial charge on any atom is -0.493 e. The topological polar surface area (TPSA) is 91.7 Å². The number of hydrogen-bond donors (Lipinski definition) is 1. The largest absolute Gasteiger partial charge is 0.493 e. The van der Waals surface area contributed by atoms with Gasteiger partial charge < -0.3 is 19.7 Å². The van der Waals surface area contributed by atoms with Crippen molar-refractivity contribution in [1.82, 2.24) is 4.90 Å². The maximum absolute atomic E-state index is 12.8. The number of amides is 2. The van der Waals surface area contributed by atoms with Gasteiger partial charge >= 0.3 is 0 Å². The highest BCUT2D eigenvalue weighted by Crippen LogP contribution is 2.29. The summed E-state index contributed by atoms with van der Waals surface area (Å²) in [7, 11) is 1.55. The first kappa shape index (κ1) is 22.2. The lowest BCUT2D eigenvalue weighted by Crippen LogP contribution is -2.46. The molecular formula is C23H23N3O4S. The summed E-state index contributed by atoms with van der Waals surface area (Å²) < 4.78 is 11.1. The molecule has 160 valence electrons. The highest BCUT2D eigenvalue weighted by molar-refractivity contribution is 7.99. The van der Waals surface area contributed by atoms with Crippen molar-refractivity contribution in [1.29, 1.82) is 5.26 Å². The van der Waals surface area contributed by atoms with Crippen LogP contribution in [0.3, 0.4) is 0 Å². The molecule has 1 aliphatic rings. The van der Waals surface area contributed by atoms with Gasteiger partial charge in [0, 0.05) is 11.4 Å². The molecule has 0 radical (unpaired) electrons. The van der Waals surface area contributed by atoms with Crippen molar-refractivity contribution in [3.05, 3.63) is 59.7 Å². The highest BCUT2D eigenvalue weighted by Gasteiger charge is 2.35. The number of thioether (sulfide) groups is 1. The summed E-state index contributed by atoms with van der Waals surface area (Å²) in [5, 5.41) is 11.7.